The van der Waals surface area contributed by atoms with Crippen LogP contribution in [0.25, 0.3) is 0 Å². The first-order chi connectivity index (χ1) is 7.65. The van der Waals surface area contributed by atoms with Crippen LogP contribution in [0.4, 0.5) is 0 Å². The third-order valence-electron chi connectivity index (χ3n) is 2.65. The fraction of sp³-hybridized carbons (Fsp3) is 0.600. The molecule has 1 unspecified atom stereocenters. The van der Waals surface area contributed by atoms with Gasteiger partial charge in [-0.05, 0) is 6.07 Å². The van der Waals surface area contributed by atoms with Crippen LogP contribution < -0.4 is 5.73 Å². The molecule has 2 heterocycles. The fourth-order valence-corrected chi connectivity index (χ4v) is 1.81. The molecule has 1 saturated heterocycles. The summed E-state index contributed by atoms with van der Waals surface area (Å²) in [5.41, 5.74) is 6.47. The van der Waals surface area contributed by atoms with Gasteiger partial charge in [-0.2, -0.15) is 5.10 Å². The van der Waals surface area contributed by atoms with Crippen LogP contribution in [0.5, 0.6) is 0 Å². The zero-order chi connectivity index (χ0) is 11.5. The van der Waals surface area contributed by atoms with E-state index in [1.165, 1.54) is 0 Å². The molecule has 6 heteroatoms. The molecule has 0 aromatic carbocycles. The Morgan fingerprint density at radius 2 is 2.56 bits per heavy atom. The summed E-state index contributed by atoms with van der Waals surface area (Å²) in [5.74, 6) is 0.103. The van der Waals surface area contributed by atoms with E-state index >= 15 is 0 Å². The lowest BCUT2D eigenvalue weighted by molar-refractivity contribution is 0.00187. The van der Waals surface area contributed by atoms with Crippen LogP contribution >= 0.6 is 0 Å². The van der Waals surface area contributed by atoms with Crippen LogP contribution in [0.3, 0.4) is 0 Å². The van der Waals surface area contributed by atoms with E-state index in [0.717, 1.165) is 18.8 Å². The van der Waals surface area contributed by atoms with Gasteiger partial charge in [0.15, 0.2) is 0 Å². The molecule has 16 heavy (non-hydrogen) atoms. The summed E-state index contributed by atoms with van der Waals surface area (Å²) in [6, 6.07) is 2.00. The second-order valence-corrected chi connectivity index (χ2v) is 4.03. The highest BCUT2D eigenvalue weighted by Crippen LogP contribution is 2.08. The standard InChI is InChI=1S/C10H17N5O/c1-14-3-2-8(13-14)6-15-4-5-16-9(7-15)10(11)12/h2-3,9H,4-7H2,1H3,(H3,11,12). The van der Waals surface area contributed by atoms with Crippen molar-refractivity contribution in [3.05, 3.63) is 18.0 Å². The van der Waals surface area contributed by atoms with Gasteiger partial charge in [0, 0.05) is 32.9 Å². The maximum absolute atomic E-state index is 7.37. The number of aryl methyl sites for hydroxylation is 1. The van der Waals surface area contributed by atoms with Gasteiger partial charge in [0.25, 0.3) is 0 Å². The molecule has 88 valence electrons. The smallest absolute Gasteiger partial charge is 0.127 e. The van der Waals surface area contributed by atoms with E-state index in [2.05, 4.69) is 10.00 Å². The Morgan fingerprint density at radius 1 is 1.75 bits per heavy atom. The zero-order valence-electron chi connectivity index (χ0n) is 9.39. The van der Waals surface area contributed by atoms with Crippen molar-refractivity contribution in [2.75, 3.05) is 19.7 Å². The Morgan fingerprint density at radius 3 is 3.19 bits per heavy atom. The molecular weight excluding hydrogens is 206 g/mol. The van der Waals surface area contributed by atoms with E-state index < -0.39 is 0 Å². The zero-order valence-corrected chi connectivity index (χ0v) is 9.39. The number of nitrogens with two attached hydrogens (primary N) is 1. The molecule has 1 aliphatic rings. The van der Waals surface area contributed by atoms with Crippen molar-refractivity contribution < 1.29 is 4.74 Å². The van der Waals surface area contributed by atoms with Crippen molar-refractivity contribution in [3.63, 3.8) is 0 Å². The summed E-state index contributed by atoms with van der Waals surface area (Å²) in [6.07, 6.45) is 1.66. The molecule has 1 aliphatic heterocycles. The Bertz CT molecular complexity index is 375. The molecule has 0 saturated carbocycles. The number of aromatic nitrogens is 2. The van der Waals surface area contributed by atoms with Gasteiger partial charge in [-0.1, -0.05) is 0 Å². The second kappa shape index (κ2) is 4.63. The van der Waals surface area contributed by atoms with Crippen LogP contribution in [0.2, 0.25) is 0 Å². The largest absolute Gasteiger partial charge is 0.385 e. The van der Waals surface area contributed by atoms with Crippen molar-refractivity contribution in [2.45, 2.75) is 12.6 Å². The number of hydrogen-bond acceptors (Lipinski definition) is 4. The number of rotatable bonds is 3. The summed E-state index contributed by atoms with van der Waals surface area (Å²) < 4.78 is 7.19. The monoisotopic (exact) mass is 223 g/mol. The molecule has 0 aliphatic carbocycles. The molecule has 0 radical (unpaired) electrons. The van der Waals surface area contributed by atoms with Crippen molar-refractivity contribution in [1.82, 2.24) is 14.7 Å². The molecule has 2 rings (SSSR count). The lowest BCUT2D eigenvalue weighted by Crippen LogP contribution is -2.47. The van der Waals surface area contributed by atoms with Crippen LogP contribution in [0.15, 0.2) is 12.3 Å². The van der Waals surface area contributed by atoms with Gasteiger partial charge in [0.1, 0.15) is 11.9 Å². The molecule has 0 bridgehead atoms. The van der Waals surface area contributed by atoms with Crippen molar-refractivity contribution in [1.29, 1.82) is 5.41 Å². The van der Waals surface area contributed by atoms with Gasteiger partial charge < -0.3 is 10.5 Å². The SMILES string of the molecule is Cn1ccc(CN2CCOC(C(=N)N)C2)n1. The van der Waals surface area contributed by atoms with E-state index in [-0.39, 0.29) is 11.9 Å². The van der Waals surface area contributed by atoms with Crippen molar-refractivity contribution in [3.8, 4) is 0 Å². The number of nitrogens with one attached hydrogen (secondary N) is 1. The lowest BCUT2D eigenvalue weighted by Gasteiger charge is -2.31. The third-order valence-corrected chi connectivity index (χ3v) is 2.65. The van der Waals surface area contributed by atoms with E-state index in [9.17, 15) is 0 Å². The first kappa shape index (κ1) is 11.1. The Hall–Kier alpha value is -1.40. The van der Waals surface area contributed by atoms with E-state index in [0.29, 0.717) is 13.2 Å². The lowest BCUT2D eigenvalue weighted by atomic mass is 10.2. The van der Waals surface area contributed by atoms with Crippen LogP contribution in [0.1, 0.15) is 5.69 Å². The summed E-state index contributed by atoms with van der Waals surface area (Å²) in [7, 11) is 1.90. The number of morpholine rings is 1. The van der Waals surface area contributed by atoms with Crippen molar-refractivity contribution >= 4 is 5.84 Å². The first-order valence-electron chi connectivity index (χ1n) is 5.31. The molecule has 1 aromatic heterocycles. The van der Waals surface area contributed by atoms with Crippen LogP contribution in [0, 0.1) is 5.41 Å². The minimum absolute atomic E-state index is 0.103. The minimum atomic E-state index is -0.266. The summed E-state index contributed by atoms with van der Waals surface area (Å²) in [5, 5.41) is 11.7. The molecule has 3 N–H and O–H groups in total. The van der Waals surface area contributed by atoms with E-state index in [1.54, 1.807) is 4.68 Å². The first-order valence-corrected chi connectivity index (χ1v) is 5.31. The summed E-state index contributed by atoms with van der Waals surface area (Å²) in [4.78, 5) is 2.21. The van der Waals surface area contributed by atoms with Gasteiger partial charge in [-0.3, -0.25) is 15.0 Å². The molecule has 6 nitrogen and oxygen atoms in total. The maximum Gasteiger partial charge on any atom is 0.127 e. The van der Waals surface area contributed by atoms with Gasteiger partial charge in [-0.15, -0.1) is 0 Å². The summed E-state index contributed by atoms with van der Waals surface area (Å²) >= 11 is 0. The maximum atomic E-state index is 7.37. The molecule has 0 spiro atoms. The number of amidine groups is 1. The average molecular weight is 223 g/mol. The van der Waals surface area contributed by atoms with Gasteiger partial charge in [0.2, 0.25) is 0 Å². The highest BCUT2D eigenvalue weighted by molar-refractivity contribution is 5.82. The Labute approximate surface area is 94.5 Å². The highest BCUT2D eigenvalue weighted by atomic mass is 16.5. The third kappa shape index (κ3) is 2.59. The predicted octanol–water partition coefficient (Wildman–Crippen LogP) is -0.443. The number of nitrogens with zero attached hydrogens (tertiary/aromatic N) is 3. The molecule has 1 aromatic rings. The molecule has 0 amide bonds. The van der Waals surface area contributed by atoms with Gasteiger partial charge in [-0.25, -0.2) is 0 Å². The van der Waals surface area contributed by atoms with E-state index in [4.69, 9.17) is 15.9 Å². The normalized spacial score (nSPS) is 22.2. The molecule has 1 fully saturated rings. The minimum Gasteiger partial charge on any atom is -0.385 e. The summed E-state index contributed by atoms with van der Waals surface area (Å²) in [6.45, 7) is 2.94. The van der Waals surface area contributed by atoms with Gasteiger partial charge >= 0.3 is 0 Å². The topological polar surface area (TPSA) is 80.2 Å². The fourth-order valence-electron chi connectivity index (χ4n) is 1.81. The number of ether oxygens (including phenoxy) is 1. The van der Waals surface area contributed by atoms with Crippen molar-refractivity contribution in [2.24, 2.45) is 12.8 Å². The Balaban J connectivity index is 1.92. The van der Waals surface area contributed by atoms with Gasteiger partial charge in [0.05, 0.1) is 12.3 Å². The number of hydrogen-bond donors (Lipinski definition) is 2. The second-order valence-electron chi connectivity index (χ2n) is 4.03. The average Bonchev–Trinajstić information content (AvgIpc) is 2.64. The van der Waals surface area contributed by atoms with Crippen LogP contribution in [-0.2, 0) is 18.3 Å². The van der Waals surface area contributed by atoms with Crippen LogP contribution in [-0.4, -0.2) is 46.3 Å². The quantitative estimate of drug-likeness (QED) is 0.537. The molecule has 1 atom stereocenters. The Kier molecular flexibility index (Phi) is 3.21. The molecular formula is C10H17N5O. The van der Waals surface area contributed by atoms with E-state index in [1.807, 2.05) is 19.3 Å². The highest BCUT2D eigenvalue weighted by Gasteiger charge is 2.22. The predicted molar refractivity (Wildman–Crippen MR) is 60.1 cm³/mol.